The number of anilines is 2. The van der Waals surface area contributed by atoms with Crippen LogP contribution in [0.4, 0.5) is 16.3 Å². The first-order valence-electron chi connectivity index (χ1n) is 9.26. The Bertz CT molecular complexity index is 1170. The quantitative estimate of drug-likeness (QED) is 0.508. The molecule has 0 atom stereocenters. The third-order valence-electron chi connectivity index (χ3n) is 4.98. The van der Waals surface area contributed by atoms with E-state index in [2.05, 4.69) is 27.7 Å². The summed E-state index contributed by atoms with van der Waals surface area (Å²) in [5.41, 5.74) is 2.49. The lowest BCUT2D eigenvalue weighted by Crippen LogP contribution is -2.19. The summed E-state index contributed by atoms with van der Waals surface area (Å²) in [6.07, 6.45) is 3.64. The number of rotatable bonds is 6. The molecule has 2 aromatic heterocycles. The van der Waals surface area contributed by atoms with Crippen LogP contribution in [-0.2, 0) is 21.3 Å². The number of carbonyl (C=O) groups excluding carboxylic acids is 1. The Morgan fingerprint density at radius 1 is 1.13 bits per heavy atom. The van der Waals surface area contributed by atoms with Crippen LogP contribution < -0.4 is 10.6 Å². The molecule has 0 radical (unpaired) electrons. The predicted molar refractivity (Wildman–Crippen MR) is 111 cm³/mol. The molecular weight excluding hydrogens is 408 g/mol. The number of benzene rings is 1. The van der Waals surface area contributed by atoms with Gasteiger partial charge in [0.25, 0.3) is 10.1 Å². The lowest BCUT2D eigenvalue weighted by Gasteiger charge is -2.07. The Hall–Kier alpha value is -3.24. The van der Waals surface area contributed by atoms with E-state index in [1.165, 1.54) is 12.3 Å². The highest BCUT2D eigenvalue weighted by Gasteiger charge is 2.43. The van der Waals surface area contributed by atoms with E-state index in [9.17, 15) is 13.2 Å². The molecule has 0 aliphatic heterocycles. The van der Waals surface area contributed by atoms with Crippen molar-refractivity contribution in [3.8, 4) is 11.1 Å². The summed E-state index contributed by atoms with van der Waals surface area (Å²) in [5, 5.41) is 9.25. The van der Waals surface area contributed by atoms with Crippen LogP contribution in [0, 0.1) is 0 Å². The number of hydrogen-bond acceptors (Lipinski definition) is 6. The maximum Gasteiger partial charge on any atom is 0.324 e. The number of amides is 2. The third kappa shape index (κ3) is 4.84. The molecule has 0 bridgehead atoms. The van der Waals surface area contributed by atoms with E-state index in [1.54, 1.807) is 36.4 Å². The second-order valence-corrected chi connectivity index (χ2v) is 9.01. The van der Waals surface area contributed by atoms with E-state index in [1.807, 2.05) is 0 Å². The summed E-state index contributed by atoms with van der Waals surface area (Å²) in [5.74, 6) is 0.610. The van der Waals surface area contributed by atoms with Gasteiger partial charge in [-0.3, -0.25) is 14.9 Å². The van der Waals surface area contributed by atoms with Gasteiger partial charge < -0.3 is 9.84 Å². The number of nitrogens with zero attached hydrogens (tertiary/aromatic N) is 2. The molecule has 1 aromatic carbocycles. The Kier molecular flexibility index (Phi) is 5.04. The number of hydrogen-bond donors (Lipinski definition) is 3. The number of urea groups is 1. The number of nitrogens with one attached hydrogen (secondary N) is 2. The molecule has 3 aromatic rings. The van der Waals surface area contributed by atoms with Crippen molar-refractivity contribution in [3.05, 3.63) is 60.1 Å². The average molecular weight is 428 g/mol. The maximum atomic E-state index is 12.2. The van der Waals surface area contributed by atoms with E-state index in [-0.39, 0.29) is 11.1 Å². The van der Waals surface area contributed by atoms with Crippen molar-refractivity contribution in [1.29, 1.82) is 0 Å². The molecule has 0 spiro atoms. The van der Waals surface area contributed by atoms with Crippen LogP contribution >= 0.6 is 0 Å². The van der Waals surface area contributed by atoms with Crippen molar-refractivity contribution in [1.82, 2.24) is 10.1 Å². The molecule has 1 fully saturated rings. The highest BCUT2D eigenvalue weighted by molar-refractivity contribution is 7.85. The number of carbonyl (C=O) groups is 1. The summed E-state index contributed by atoms with van der Waals surface area (Å²) in [6.45, 7) is 2.09. The van der Waals surface area contributed by atoms with Gasteiger partial charge in [-0.1, -0.05) is 30.3 Å². The Morgan fingerprint density at radius 2 is 1.83 bits per heavy atom. The van der Waals surface area contributed by atoms with E-state index < -0.39 is 21.9 Å². The largest absolute Gasteiger partial charge is 0.359 e. The average Bonchev–Trinajstić information content (AvgIpc) is 3.25. The molecule has 9 nitrogen and oxygen atoms in total. The first kappa shape index (κ1) is 20.0. The van der Waals surface area contributed by atoms with Crippen LogP contribution in [0.2, 0.25) is 0 Å². The summed E-state index contributed by atoms with van der Waals surface area (Å²) in [7, 11) is -4.12. The first-order valence-corrected chi connectivity index (χ1v) is 10.9. The molecule has 3 N–H and O–H groups in total. The summed E-state index contributed by atoms with van der Waals surface area (Å²) < 4.78 is 36.0. The van der Waals surface area contributed by atoms with Crippen molar-refractivity contribution in [3.63, 3.8) is 0 Å². The van der Waals surface area contributed by atoms with E-state index in [0.29, 0.717) is 11.5 Å². The highest BCUT2D eigenvalue weighted by Crippen LogP contribution is 2.48. The van der Waals surface area contributed by atoms with Gasteiger partial charge in [0.15, 0.2) is 5.82 Å². The minimum Gasteiger partial charge on any atom is -0.359 e. The standard InChI is InChI=1S/C20H20N4O5S/c1-20(8-9-20)17-10-18(24-29-17)23-19(25)22-15-5-2-13(3-6-15)14-4-7-16(21-11-14)12-30(26,27)28/h2-7,10-11H,8-9,12H2,1H3,(H,26,27,28)(H2,22,23,24,25). The van der Waals surface area contributed by atoms with Crippen molar-refractivity contribution < 1.29 is 22.3 Å². The Balaban J connectivity index is 1.36. The first-order chi connectivity index (χ1) is 14.2. The highest BCUT2D eigenvalue weighted by atomic mass is 32.2. The van der Waals surface area contributed by atoms with Crippen LogP contribution in [0.5, 0.6) is 0 Å². The fourth-order valence-electron chi connectivity index (χ4n) is 2.94. The monoisotopic (exact) mass is 428 g/mol. The third-order valence-corrected chi connectivity index (χ3v) is 5.64. The van der Waals surface area contributed by atoms with Gasteiger partial charge in [0.05, 0.1) is 5.69 Å². The normalized spacial score (nSPS) is 14.9. The summed E-state index contributed by atoms with van der Waals surface area (Å²) in [4.78, 5) is 16.2. The second-order valence-electron chi connectivity index (χ2n) is 7.56. The smallest absolute Gasteiger partial charge is 0.324 e. The van der Waals surface area contributed by atoms with Crippen LogP contribution in [0.15, 0.2) is 53.2 Å². The van der Waals surface area contributed by atoms with Crippen molar-refractivity contribution in [2.45, 2.75) is 30.9 Å². The topological polar surface area (TPSA) is 134 Å². The van der Waals surface area contributed by atoms with Gasteiger partial charge >= 0.3 is 6.03 Å². The van der Waals surface area contributed by atoms with Gasteiger partial charge in [0.2, 0.25) is 0 Å². The van der Waals surface area contributed by atoms with Gasteiger partial charge in [0, 0.05) is 28.9 Å². The van der Waals surface area contributed by atoms with E-state index in [4.69, 9.17) is 9.08 Å². The van der Waals surface area contributed by atoms with Crippen molar-refractivity contribution in [2.24, 2.45) is 0 Å². The van der Waals surface area contributed by atoms with E-state index in [0.717, 1.165) is 29.7 Å². The van der Waals surface area contributed by atoms with Crippen molar-refractivity contribution >= 4 is 27.7 Å². The lowest BCUT2D eigenvalue weighted by molar-refractivity contribution is 0.262. The SMILES string of the molecule is CC1(c2cc(NC(=O)Nc3ccc(-c4ccc(CS(=O)(=O)O)nc4)cc3)no2)CC1. The Morgan fingerprint density at radius 3 is 2.43 bits per heavy atom. The van der Waals surface area contributed by atoms with Gasteiger partial charge in [-0.2, -0.15) is 8.42 Å². The molecule has 0 saturated heterocycles. The fourth-order valence-corrected chi connectivity index (χ4v) is 3.49. The van der Waals surface area contributed by atoms with Gasteiger partial charge in [-0.25, -0.2) is 4.79 Å². The molecule has 0 unspecified atom stereocenters. The Labute approximate surface area is 173 Å². The maximum absolute atomic E-state index is 12.2. The molecule has 30 heavy (non-hydrogen) atoms. The number of pyridine rings is 1. The van der Waals surface area contributed by atoms with Gasteiger partial charge in [-0.05, 0) is 36.6 Å². The molecule has 1 aliphatic rings. The zero-order valence-corrected chi connectivity index (χ0v) is 16.9. The zero-order valence-electron chi connectivity index (χ0n) is 16.1. The molecule has 1 saturated carbocycles. The van der Waals surface area contributed by atoms with Crippen LogP contribution in [0.25, 0.3) is 11.1 Å². The second kappa shape index (κ2) is 7.54. The number of aromatic nitrogens is 2. The molecular formula is C20H20N4O5S. The molecule has 2 heterocycles. The lowest BCUT2D eigenvalue weighted by atomic mass is 10.1. The molecule has 1 aliphatic carbocycles. The summed E-state index contributed by atoms with van der Waals surface area (Å²) >= 11 is 0. The minimum atomic E-state index is -4.12. The van der Waals surface area contributed by atoms with Crippen LogP contribution in [0.1, 0.15) is 31.2 Å². The fraction of sp³-hybridized carbons (Fsp3) is 0.250. The van der Waals surface area contributed by atoms with Crippen LogP contribution in [-0.4, -0.2) is 29.1 Å². The summed E-state index contributed by atoms with van der Waals surface area (Å²) in [6, 6.07) is 11.6. The van der Waals surface area contributed by atoms with E-state index >= 15 is 0 Å². The molecule has 156 valence electrons. The van der Waals surface area contributed by atoms with Crippen molar-refractivity contribution in [2.75, 3.05) is 10.6 Å². The van der Waals surface area contributed by atoms with Gasteiger partial charge in [0.1, 0.15) is 11.5 Å². The zero-order chi connectivity index (χ0) is 21.4. The molecule has 4 rings (SSSR count). The van der Waals surface area contributed by atoms with Gasteiger partial charge in [-0.15, -0.1) is 0 Å². The predicted octanol–water partition coefficient (Wildman–Crippen LogP) is 3.82. The molecule has 10 heteroatoms. The van der Waals surface area contributed by atoms with Crippen LogP contribution in [0.3, 0.4) is 0 Å². The minimum absolute atomic E-state index is 0.0403. The molecule has 2 amide bonds.